The predicted molar refractivity (Wildman–Crippen MR) is 52.7 cm³/mol. The molecule has 0 aliphatic rings. The van der Waals surface area contributed by atoms with Crippen molar-refractivity contribution in [1.82, 2.24) is 4.57 Å². The second-order valence-corrected chi connectivity index (χ2v) is 3.16. The van der Waals surface area contributed by atoms with Crippen molar-refractivity contribution in [3.05, 3.63) is 36.5 Å². The smallest absolute Gasteiger partial charge is 0.142 e. The highest BCUT2D eigenvalue weighted by Gasteiger charge is 2.05. The van der Waals surface area contributed by atoms with E-state index < -0.39 is 0 Å². The van der Waals surface area contributed by atoms with Gasteiger partial charge in [0.2, 0.25) is 0 Å². The number of carbonyl (C=O) groups excluding carboxylic acids is 1. The molecule has 0 bridgehead atoms. The molecule has 1 heterocycles. The van der Waals surface area contributed by atoms with Gasteiger partial charge in [-0.25, -0.2) is 0 Å². The summed E-state index contributed by atoms with van der Waals surface area (Å²) in [5, 5.41) is 1.18. The molecule has 1 aromatic heterocycles. The van der Waals surface area contributed by atoms with E-state index in [1.165, 1.54) is 5.39 Å². The van der Waals surface area contributed by atoms with Crippen LogP contribution in [-0.4, -0.2) is 10.9 Å². The Morgan fingerprint density at radius 1 is 1.31 bits per heavy atom. The number of aldehydes is 1. The van der Waals surface area contributed by atoms with E-state index in [-0.39, 0.29) is 6.04 Å². The Labute approximate surface area is 76.8 Å². The summed E-state index contributed by atoms with van der Waals surface area (Å²) in [6.45, 7) is 1.89. The minimum atomic E-state index is -0.0834. The number of fused-ring (bicyclic) bond motifs is 1. The van der Waals surface area contributed by atoms with Crippen LogP contribution < -0.4 is 0 Å². The number of carbonyl (C=O) groups is 1. The van der Waals surface area contributed by atoms with Crippen LogP contribution in [0.4, 0.5) is 0 Å². The summed E-state index contributed by atoms with van der Waals surface area (Å²) in [6, 6.07) is 9.99. The molecule has 1 atom stereocenters. The number of aromatic nitrogens is 1. The standard InChI is InChI=1S/C11H11NO/c1-9(8-13)12-7-6-10-4-2-3-5-11(10)12/h2-9H,1H3. The molecule has 0 saturated carbocycles. The molecule has 0 N–H and O–H groups in total. The van der Waals surface area contributed by atoms with Gasteiger partial charge in [0.1, 0.15) is 6.29 Å². The van der Waals surface area contributed by atoms with E-state index in [9.17, 15) is 4.79 Å². The number of hydrogen-bond donors (Lipinski definition) is 0. The Morgan fingerprint density at radius 3 is 2.85 bits per heavy atom. The molecule has 0 radical (unpaired) electrons. The van der Waals surface area contributed by atoms with E-state index in [2.05, 4.69) is 0 Å². The fraction of sp³-hybridized carbons (Fsp3) is 0.182. The fourth-order valence-electron chi connectivity index (χ4n) is 1.53. The number of rotatable bonds is 2. The van der Waals surface area contributed by atoms with Crippen molar-refractivity contribution in [1.29, 1.82) is 0 Å². The van der Waals surface area contributed by atoms with Crippen LogP contribution in [0, 0.1) is 0 Å². The first-order chi connectivity index (χ1) is 6.33. The zero-order valence-electron chi connectivity index (χ0n) is 7.47. The third-order valence-electron chi connectivity index (χ3n) is 2.27. The maximum atomic E-state index is 10.6. The lowest BCUT2D eigenvalue weighted by Gasteiger charge is -2.07. The second-order valence-electron chi connectivity index (χ2n) is 3.16. The van der Waals surface area contributed by atoms with Gasteiger partial charge in [-0.05, 0) is 24.4 Å². The van der Waals surface area contributed by atoms with Gasteiger partial charge in [-0.1, -0.05) is 18.2 Å². The molecule has 2 rings (SSSR count). The highest BCUT2D eigenvalue weighted by molar-refractivity contribution is 5.81. The first-order valence-electron chi connectivity index (χ1n) is 4.34. The molecule has 0 aliphatic heterocycles. The number of benzene rings is 1. The molecule has 0 spiro atoms. The predicted octanol–water partition coefficient (Wildman–Crippen LogP) is 2.40. The Kier molecular flexibility index (Phi) is 1.89. The number of nitrogens with zero attached hydrogens (tertiary/aromatic N) is 1. The van der Waals surface area contributed by atoms with Gasteiger partial charge in [0.25, 0.3) is 0 Å². The van der Waals surface area contributed by atoms with Gasteiger partial charge in [0.15, 0.2) is 0 Å². The molecule has 1 unspecified atom stereocenters. The van der Waals surface area contributed by atoms with Crippen LogP contribution >= 0.6 is 0 Å². The summed E-state index contributed by atoms with van der Waals surface area (Å²) >= 11 is 0. The minimum absolute atomic E-state index is 0.0834. The minimum Gasteiger partial charge on any atom is -0.338 e. The molecule has 2 nitrogen and oxygen atoms in total. The zero-order chi connectivity index (χ0) is 9.26. The van der Waals surface area contributed by atoms with Gasteiger partial charge < -0.3 is 9.36 Å². The van der Waals surface area contributed by atoms with Crippen molar-refractivity contribution >= 4 is 17.2 Å². The molecule has 2 heteroatoms. The van der Waals surface area contributed by atoms with Crippen LogP contribution in [0.3, 0.4) is 0 Å². The lowest BCUT2D eigenvalue weighted by atomic mass is 10.2. The summed E-state index contributed by atoms with van der Waals surface area (Å²) in [5.74, 6) is 0. The third kappa shape index (κ3) is 1.24. The topological polar surface area (TPSA) is 22.0 Å². The van der Waals surface area contributed by atoms with E-state index in [4.69, 9.17) is 0 Å². The molecular formula is C11H11NO. The number of hydrogen-bond acceptors (Lipinski definition) is 1. The largest absolute Gasteiger partial charge is 0.338 e. The molecule has 1 aromatic carbocycles. The summed E-state index contributed by atoms with van der Waals surface area (Å²) in [6.07, 6.45) is 2.90. The molecule has 2 aromatic rings. The summed E-state index contributed by atoms with van der Waals surface area (Å²) in [7, 11) is 0. The average molecular weight is 173 g/mol. The van der Waals surface area contributed by atoms with Crippen molar-refractivity contribution in [2.45, 2.75) is 13.0 Å². The average Bonchev–Trinajstić information content (AvgIpc) is 2.60. The fourth-order valence-corrected chi connectivity index (χ4v) is 1.53. The molecular weight excluding hydrogens is 162 g/mol. The third-order valence-corrected chi connectivity index (χ3v) is 2.27. The van der Waals surface area contributed by atoms with Gasteiger partial charge in [-0.2, -0.15) is 0 Å². The monoisotopic (exact) mass is 173 g/mol. The molecule has 0 fully saturated rings. The zero-order valence-corrected chi connectivity index (χ0v) is 7.47. The van der Waals surface area contributed by atoms with Crippen molar-refractivity contribution in [3.8, 4) is 0 Å². The summed E-state index contributed by atoms with van der Waals surface area (Å²) in [5.41, 5.74) is 1.11. The van der Waals surface area contributed by atoms with Crippen molar-refractivity contribution in [2.75, 3.05) is 0 Å². The van der Waals surface area contributed by atoms with Gasteiger partial charge in [-0.3, -0.25) is 0 Å². The van der Waals surface area contributed by atoms with Gasteiger partial charge in [0, 0.05) is 11.7 Å². The van der Waals surface area contributed by atoms with Crippen molar-refractivity contribution in [3.63, 3.8) is 0 Å². The van der Waals surface area contributed by atoms with Crippen LogP contribution in [0.15, 0.2) is 36.5 Å². The summed E-state index contributed by atoms with van der Waals surface area (Å²) < 4.78 is 1.97. The summed E-state index contributed by atoms with van der Waals surface area (Å²) in [4.78, 5) is 10.6. The quantitative estimate of drug-likeness (QED) is 0.639. The van der Waals surface area contributed by atoms with Gasteiger partial charge in [-0.15, -0.1) is 0 Å². The van der Waals surface area contributed by atoms with E-state index >= 15 is 0 Å². The van der Waals surface area contributed by atoms with E-state index in [0.29, 0.717) is 0 Å². The van der Waals surface area contributed by atoms with Crippen LogP contribution in [0.1, 0.15) is 13.0 Å². The van der Waals surface area contributed by atoms with Crippen LogP contribution in [-0.2, 0) is 4.79 Å². The Bertz CT molecular complexity index is 430. The Morgan fingerprint density at radius 2 is 2.08 bits per heavy atom. The SMILES string of the molecule is CC(C=O)n1ccc2ccccc21. The van der Waals surface area contributed by atoms with Gasteiger partial charge in [0.05, 0.1) is 6.04 Å². The van der Waals surface area contributed by atoms with Gasteiger partial charge >= 0.3 is 0 Å². The molecule has 0 aliphatic carbocycles. The van der Waals surface area contributed by atoms with Crippen LogP contribution in [0.2, 0.25) is 0 Å². The van der Waals surface area contributed by atoms with Crippen molar-refractivity contribution in [2.24, 2.45) is 0 Å². The van der Waals surface area contributed by atoms with Crippen molar-refractivity contribution < 1.29 is 4.79 Å². The normalized spacial score (nSPS) is 13.0. The first kappa shape index (κ1) is 8.05. The maximum absolute atomic E-state index is 10.6. The highest BCUT2D eigenvalue weighted by Crippen LogP contribution is 2.18. The molecule has 13 heavy (non-hydrogen) atoms. The van der Waals surface area contributed by atoms with Crippen LogP contribution in [0.25, 0.3) is 10.9 Å². The van der Waals surface area contributed by atoms with E-state index in [1.807, 2.05) is 48.0 Å². The molecule has 0 amide bonds. The Hall–Kier alpha value is -1.57. The molecule has 66 valence electrons. The first-order valence-corrected chi connectivity index (χ1v) is 4.34. The van der Waals surface area contributed by atoms with E-state index in [0.717, 1.165) is 11.8 Å². The lowest BCUT2D eigenvalue weighted by Crippen LogP contribution is -2.03. The highest BCUT2D eigenvalue weighted by atomic mass is 16.1. The maximum Gasteiger partial charge on any atom is 0.142 e. The second kappa shape index (κ2) is 3.05. The Balaban J connectivity index is 2.64. The number of para-hydroxylation sites is 1. The lowest BCUT2D eigenvalue weighted by molar-refractivity contribution is -0.110. The molecule has 0 saturated heterocycles. The van der Waals surface area contributed by atoms with Crippen LogP contribution in [0.5, 0.6) is 0 Å². The van der Waals surface area contributed by atoms with E-state index in [1.54, 1.807) is 0 Å².